The zero-order valence-electron chi connectivity index (χ0n) is 16.1. The number of nitrogens with zero attached hydrogens (tertiary/aromatic N) is 3. The summed E-state index contributed by atoms with van der Waals surface area (Å²) >= 11 is 1.90. The van der Waals surface area contributed by atoms with Gasteiger partial charge in [-0.3, -0.25) is 4.79 Å². The van der Waals surface area contributed by atoms with E-state index in [0.717, 1.165) is 43.9 Å². The van der Waals surface area contributed by atoms with Crippen LogP contribution in [0.1, 0.15) is 29.6 Å². The Morgan fingerprint density at radius 2 is 1.78 bits per heavy atom. The van der Waals surface area contributed by atoms with Gasteiger partial charge in [-0.1, -0.05) is 0 Å². The number of hydrogen-bond acceptors (Lipinski definition) is 5. The van der Waals surface area contributed by atoms with Crippen molar-refractivity contribution in [3.05, 3.63) is 29.8 Å². The Kier molecular flexibility index (Phi) is 6.83. The van der Waals surface area contributed by atoms with Gasteiger partial charge in [0.25, 0.3) is 5.91 Å². The number of carbonyl (C=O) groups excluding carboxylic acids is 1. The molecular formula is C19H29N3O3S2. The van der Waals surface area contributed by atoms with Crippen LogP contribution in [0.5, 0.6) is 0 Å². The molecule has 0 radical (unpaired) electrons. The number of amides is 1. The molecule has 0 aromatic heterocycles. The molecule has 0 saturated carbocycles. The van der Waals surface area contributed by atoms with Gasteiger partial charge in [-0.25, -0.2) is 8.42 Å². The standard InChI is InChI=1S/C19H29N3O3S2/c1-20(2)14-17-15-26-13-5-12-22(17)19(23)16-6-8-18(9-7-16)27(24,25)21-10-3-4-11-21/h6-9,17H,3-5,10-15H2,1-2H3. The van der Waals surface area contributed by atoms with Gasteiger partial charge in [-0.05, 0) is 63.4 Å². The zero-order valence-corrected chi connectivity index (χ0v) is 17.8. The second-order valence-electron chi connectivity index (χ2n) is 7.48. The number of benzene rings is 1. The Morgan fingerprint density at radius 1 is 1.11 bits per heavy atom. The van der Waals surface area contributed by atoms with Gasteiger partial charge in [0.05, 0.1) is 10.9 Å². The maximum atomic E-state index is 13.1. The van der Waals surface area contributed by atoms with E-state index in [1.807, 2.05) is 30.8 Å². The highest BCUT2D eigenvalue weighted by Gasteiger charge is 2.29. The number of hydrogen-bond donors (Lipinski definition) is 0. The molecule has 27 heavy (non-hydrogen) atoms. The largest absolute Gasteiger partial charge is 0.334 e. The van der Waals surface area contributed by atoms with Crippen LogP contribution in [0.4, 0.5) is 0 Å². The first-order valence-corrected chi connectivity index (χ1v) is 12.1. The van der Waals surface area contributed by atoms with Crippen molar-refractivity contribution < 1.29 is 13.2 Å². The van der Waals surface area contributed by atoms with Crippen molar-refractivity contribution in [2.75, 3.05) is 51.8 Å². The molecule has 1 atom stereocenters. The highest BCUT2D eigenvalue weighted by atomic mass is 32.2. The number of rotatable bonds is 5. The Morgan fingerprint density at radius 3 is 2.41 bits per heavy atom. The van der Waals surface area contributed by atoms with Gasteiger partial charge in [0.1, 0.15) is 0 Å². The second kappa shape index (κ2) is 8.94. The van der Waals surface area contributed by atoms with Crippen LogP contribution in [-0.2, 0) is 10.0 Å². The third kappa shape index (κ3) is 4.85. The highest BCUT2D eigenvalue weighted by molar-refractivity contribution is 7.99. The molecule has 2 saturated heterocycles. The van der Waals surface area contributed by atoms with Crippen LogP contribution < -0.4 is 0 Å². The van der Waals surface area contributed by atoms with E-state index < -0.39 is 10.0 Å². The Labute approximate surface area is 166 Å². The van der Waals surface area contributed by atoms with Gasteiger partial charge < -0.3 is 9.80 Å². The molecule has 0 bridgehead atoms. The molecule has 0 aliphatic carbocycles. The predicted octanol–water partition coefficient (Wildman–Crippen LogP) is 1.98. The monoisotopic (exact) mass is 411 g/mol. The molecule has 2 fully saturated rings. The minimum Gasteiger partial charge on any atom is -0.334 e. The fourth-order valence-corrected chi connectivity index (χ4v) is 6.26. The summed E-state index contributed by atoms with van der Waals surface area (Å²) in [5.74, 6) is 2.00. The normalized spacial score (nSPS) is 22.2. The fourth-order valence-electron chi connectivity index (χ4n) is 3.68. The number of likely N-dealkylation sites (N-methyl/N-ethyl adjacent to an activating group) is 1. The van der Waals surface area contributed by atoms with Gasteiger partial charge in [0.15, 0.2) is 0 Å². The van der Waals surface area contributed by atoms with Crippen LogP contribution >= 0.6 is 11.8 Å². The molecule has 6 nitrogen and oxygen atoms in total. The topological polar surface area (TPSA) is 60.9 Å². The number of carbonyl (C=O) groups is 1. The Hall–Kier alpha value is -1.09. The van der Waals surface area contributed by atoms with Crippen molar-refractivity contribution in [3.8, 4) is 0 Å². The van der Waals surface area contributed by atoms with E-state index in [1.54, 1.807) is 24.3 Å². The van der Waals surface area contributed by atoms with E-state index in [0.29, 0.717) is 18.7 Å². The third-order valence-corrected chi connectivity index (χ3v) is 8.19. The maximum Gasteiger partial charge on any atom is 0.254 e. The first-order valence-electron chi connectivity index (χ1n) is 9.53. The zero-order chi connectivity index (χ0) is 19.4. The van der Waals surface area contributed by atoms with Gasteiger partial charge >= 0.3 is 0 Å². The summed E-state index contributed by atoms with van der Waals surface area (Å²) in [7, 11) is 0.608. The Balaban J connectivity index is 1.77. The van der Waals surface area contributed by atoms with Crippen LogP contribution in [0.2, 0.25) is 0 Å². The molecule has 3 rings (SSSR count). The van der Waals surface area contributed by atoms with Gasteiger partial charge in [0, 0.05) is 37.5 Å². The van der Waals surface area contributed by atoms with Crippen LogP contribution in [-0.4, -0.2) is 86.3 Å². The second-order valence-corrected chi connectivity index (χ2v) is 10.6. The van der Waals surface area contributed by atoms with E-state index in [4.69, 9.17) is 0 Å². The molecule has 1 aromatic rings. The van der Waals surface area contributed by atoms with Crippen LogP contribution in [0.3, 0.4) is 0 Å². The van der Waals surface area contributed by atoms with E-state index >= 15 is 0 Å². The van der Waals surface area contributed by atoms with Crippen molar-refractivity contribution in [2.24, 2.45) is 0 Å². The summed E-state index contributed by atoms with van der Waals surface area (Å²) in [6.07, 6.45) is 2.81. The quantitative estimate of drug-likeness (QED) is 0.741. The van der Waals surface area contributed by atoms with Crippen molar-refractivity contribution >= 4 is 27.7 Å². The molecule has 2 heterocycles. The smallest absolute Gasteiger partial charge is 0.254 e. The molecule has 1 amide bonds. The van der Waals surface area contributed by atoms with Gasteiger partial charge in [0.2, 0.25) is 10.0 Å². The summed E-state index contributed by atoms with van der Waals surface area (Å²) in [4.78, 5) is 17.5. The van der Waals surface area contributed by atoms with Gasteiger partial charge in [-0.15, -0.1) is 0 Å². The average Bonchev–Trinajstić information content (AvgIpc) is 3.10. The molecule has 2 aliphatic rings. The molecule has 2 aliphatic heterocycles. The average molecular weight is 412 g/mol. The fraction of sp³-hybridized carbons (Fsp3) is 0.632. The molecule has 150 valence electrons. The minimum absolute atomic E-state index is 0.00512. The van der Waals surface area contributed by atoms with Crippen molar-refractivity contribution in [3.63, 3.8) is 0 Å². The van der Waals surface area contributed by atoms with E-state index in [1.165, 1.54) is 4.31 Å². The molecule has 0 N–H and O–H groups in total. The molecular weight excluding hydrogens is 382 g/mol. The summed E-state index contributed by atoms with van der Waals surface area (Å²) in [6.45, 7) is 2.75. The molecule has 1 aromatic carbocycles. The lowest BCUT2D eigenvalue weighted by atomic mass is 10.1. The summed E-state index contributed by atoms with van der Waals surface area (Å²) < 4.78 is 26.8. The maximum absolute atomic E-state index is 13.1. The van der Waals surface area contributed by atoms with Crippen molar-refractivity contribution in [1.29, 1.82) is 0 Å². The van der Waals surface area contributed by atoms with Crippen molar-refractivity contribution in [2.45, 2.75) is 30.2 Å². The van der Waals surface area contributed by atoms with Crippen molar-refractivity contribution in [1.82, 2.24) is 14.1 Å². The molecule has 0 spiro atoms. The molecule has 8 heteroatoms. The lowest BCUT2D eigenvalue weighted by Gasteiger charge is -2.31. The van der Waals surface area contributed by atoms with E-state index in [2.05, 4.69) is 4.90 Å². The van der Waals surface area contributed by atoms with Crippen LogP contribution in [0.25, 0.3) is 0 Å². The number of thioether (sulfide) groups is 1. The highest BCUT2D eigenvalue weighted by Crippen LogP contribution is 2.23. The number of sulfonamides is 1. The predicted molar refractivity (Wildman–Crippen MR) is 110 cm³/mol. The lowest BCUT2D eigenvalue weighted by Crippen LogP contribution is -2.46. The van der Waals surface area contributed by atoms with E-state index in [-0.39, 0.29) is 16.8 Å². The van der Waals surface area contributed by atoms with Crippen LogP contribution in [0.15, 0.2) is 29.2 Å². The molecule has 1 unspecified atom stereocenters. The van der Waals surface area contributed by atoms with Gasteiger partial charge in [-0.2, -0.15) is 16.1 Å². The first-order chi connectivity index (χ1) is 12.9. The van der Waals surface area contributed by atoms with E-state index in [9.17, 15) is 13.2 Å². The first kappa shape index (κ1) is 20.6. The summed E-state index contributed by atoms with van der Waals surface area (Å²) in [6, 6.07) is 6.66. The third-order valence-electron chi connectivity index (χ3n) is 5.08. The SMILES string of the molecule is CN(C)CC1CSCCCN1C(=O)c1ccc(S(=O)(=O)N2CCCC2)cc1. The summed E-state index contributed by atoms with van der Waals surface area (Å²) in [5, 5.41) is 0. The summed E-state index contributed by atoms with van der Waals surface area (Å²) in [5.41, 5.74) is 0.561. The lowest BCUT2D eigenvalue weighted by molar-refractivity contribution is 0.0675. The van der Waals surface area contributed by atoms with Crippen LogP contribution in [0, 0.1) is 0 Å². The Bertz CT molecular complexity index is 744. The minimum atomic E-state index is -3.44.